The van der Waals surface area contributed by atoms with Crippen molar-refractivity contribution >= 4 is 45.7 Å². The highest BCUT2D eigenvalue weighted by atomic mass is 35.5. The predicted molar refractivity (Wildman–Crippen MR) is 120 cm³/mol. The van der Waals surface area contributed by atoms with Gasteiger partial charge in [0.05, 0.1) is 33.1 Å². The van der Waals surface area contributed by atoms with Gasteiger partial charge < -0.3 is 14.8 Å². The molecule has 1 unspecified atom stereocenters. The Labute approximate surface area is 192 Å². The molecular formula is C22H18Cl2F2N4O2. The number of halogens is 4. The SMILES string of the molecule is C=CC(=O)N1CCC(Nc2ccc3ncn(C)c(=O)c3c2F)(c2c(F)ccc(Cl)c2Cl)C1. The van der Waals surface area contributed by atoms with Crippen molar-refractivity contribution in [1.29, 1.82) is 0 Å². The van der Waals surface area contributed by atoms with Gasteiger partial charge >= 0.3 is 0 Å². The van der Waals surface area contributed by atoms with Gasteiger partial charge in [-0.05, 0) is 36.8 Å². The zero-order chi connectivity index (χ0) is 23.2. The van der Waals surface area contributed by atoms with Gasteiger partial charge in [0, 0.05) is 25.7 Å². The number of anilines is 1. The Hall–Kier alpha value is -2.97. The first-order valence-corrected chi connectivity index (χ1v) is 10.4. The van der Waals surface area contributed by atoms with E-state index >= 15 is 8.78 Å². The van der Waals surface area contributed by atoms with Gasteiger partial charge in [0.25, 0.3) is 5.56 Å². The van der Waals surface area contributed by atoms with Gasteiger partial charge in [0.15, 0.2) is 5.82 Å². The van der Waals surface area contributed by atoms with Crippen LogP contribution >= 0.6 is 23.2 Å². The second-order valence-corrected chi connectivity index (χ2v) is 8.41. The van der Waals surface area contributed by atoms with Gasteiger partial charge in [-0.15, -0.1) is 0 Å². The Bertz CT molecular complexity index is 1330. The third kappa shape index (κ3) is 3.53. The zero-order valence-corrected chi connectivity index (χ0v) is 18.5. The van der Waals surface area contributed by atoms with Crippen LogP contribution in [0.2, 0.25) is 10.0 Å². The quantitative estimate of drug-likeness (QED) is 0.449. The highest BCUT2D eigenvalue weighted by molar-refractivity contribution is 6.42. The van der Waals surface area contributed by atoms with Crippen molar-refractivity contribution in [3.63, 3.8) is 0 Å². The molecule has 0 spiro atoms. The fourth-order valence-corrected chi connectivity index (χ4v) is 4.56. The first kappa shape index (κ1) is 22.2. The minimum Gasteiger partial charge on any atom is -0.371 e. The highest BCUT2D eigenvalue weighted by Crippen LogP contribution is 2.43. The van der Waals surface area contributed by atoms with Crippen LogP contribution in [0.15, 0.2) is 48.0 Å². The average Bonchev–Trinajstić information content (AvgIpc) is 3.19. The number of hydrogen-bond acceptors (Lipinski definition) is 4. The third-order valence-corrected chi connectivity index (χ3v) is 6.48. The number of amides is 1. The van der Waals surface area contributed by atoms with Crippen molar-refractivity contribution in [2.75, 3.05) is 18.4 Å². The van der Waals surface area contributed by atoms with Crippen LogP contribution < -0.4 is 10.9 Å². The maximum atomic E-state index is 15.5. The Morgan fingerprint density at radius 2 is 2.03 bits per heavy atom. The number of aryl methyl sites for hydroxylation is 1. The molecule has 0 aliphatic carbocycles. The van der Waals surface area contributed by atoms with Crippen molar-refractivity contribution in [2.24, 2.45) is 7.05 Å². The Morgan fingerprint density at radius 1 is 1.28 bits per heavy atom. The molecule has 0 saturated carbocycles. The Balaban J connectivity index is 1.90. The van der Waals surface area contributed by atoms with E-state index in [2.05, 4.69) is 16.9 Å². The molecule has 1 aliphatic heterocycles. The monoisotopic (exact) mass is 478 g/mol. The summed E-state index contributed by atoms with van der Waals surface area (Å²) in [6.45, 7) is 3.72. The molecule has 1 amide bonds. The summed E-state index contributed by atoms with van der Waals surface area (Å²) >= 11 is 12.5. The van der Waals surface area contributed by atoms with Gasteiger partial charge in [0.2, 0.25) is 5.91 Å². The van der Waals surface area contributed by atoms with Gasteiger partial charge in [-0.3, -0.25) is 9.59 Å². The number of carbonyl (C=O) groups excluding carboxylic acids is 1. The summed E-state index contributed by atoms with van der Waals surface area (Å²) in [5, 5.41) is 2.91. The molecule has 1 aromatic heterocycles. The number of rotatable bonds is 4. The molecule has 6 nitrogen and oxygen atoms in total. The summed E-state index contributed by atoms with van der Waals surface area (Å²) in [7, 11) is 1.46. The molecule has 1 fully saturated rings. The van der Waals surface area contributed by atoms with Gasteiger partial charge in [-0.1, -0.05) is 29.8 Å². The number of nitrogens with one attached hydrogen (secondary N) is 1. The van der Waals surface area contributed by atoms with Crippen LogP contribution in [-0.4, -0.2) is 33.4 Å². The highest BCUT2D eigenvalue weighted by Gasteiger charge is 2.45. The number of fused-ring (bicyclic) bond motifs is 1. The molecule has 0 bridgehead atoms. The number of nitrogens with zero attached hydrogens (tertiary/aromatic N) is 3. The summed E-state index contributed by atoms with van der Waals surface area (Å²) in [5.41, 5.74) is -1.71. The summed E-state index contributed by atoms with van der Waals surface area (Å²) in [6.07, 6.45) is 2.67. The third-order valence-electron chi connectivity index (χ3n) is 5.68. The molecule has 0 radical (unpaired) electrons. The van der Waals surface area contributed by atoms with Crippen molar-refractivity contribution in [1.82, 2.24) is 14.5 Å². The van der Waals surface area contributed by atoms with E-state index in [9.17, 15) is 9.59 Å². The van der Waals surface area contributed by atoms with E-state index in [1.165, 1.54) is 47.1 Å². The molecule has 4 rings (SSSR count). The molecule has 1 atom stereocenters. The first-order chi connectivity index (χ1) is 15.2. The lowest BCUT2D eigenvalue weighted by Crippen LogP contribution is -2.41. The maximum absolute atomic E-state index is 15.5. The molecule has 166 valence electrons. The summed E-state index contributed by atoms with van der Waals surface area (Å²) in [4.78, 5) is 30.3. The Morgan fingerprint density at radius 3 is 2.75 bits per heavy atom. The molecule has 1 saturated heterocycles. The summed E-state index contributed by atoms with van der Waals surface area (Å²) in [6, 6.07) is 5.40. The molecule has 32 heavy (non-hydrogen) atoms. The molecule has 1 aliphatic rings. The van der Waals surface area contributed by atoms with E-state index in [4.69, 9.17) is 23.2 Å². The molecular weight excluding hydrogens is 461 g/mol. The largest absolute Gasteiger partial charge is 0.371 e. The summed E-state index contributed by atoms with van der Waals surface area (Å²) in [5.74, 6) is -1.84. The number of aromatic nitrogens is 2. The van der Waals surface area contributed by atoms with Crippen molar-refractivity contribution < 1.29 is 13.6 Å². The van der Waals surface area contributed by atoms with E-state index in [-0.39, 0.29) is 57.6 Å². The van der Waals surface area contributed by atoms with Gasteiger partial charge in [0.1, 0.15) is 11.2 Å². The first-order valence-electron chi connectivity index (χ1n) is 9.66. The van der Waals surface area contributed by atoms with E-state index in [0.717, 1.165) is 6.08 Å². The zero-order valence-electron chi connectivity index (χ0n) is 17.0. The fourth-order valence-electron chi connectivity index (χ4n) is 4.07. The van der Waals surface area contributed by atoms with Crippen molar-refractivity contribution in [3.05, 3.63) is 80.8 Å². The Kier molecular flexibility index (Phi) is 5.68. The number of likely N-dealkylation sites (tertiary alicyclic amines) is 1. The van der Waals surface area contributed by atoms with Crippen LogP contribution in [0.3, 0.4) is 0 Å². The normalized spacial score (nSPS) is 18.2. The van der Waals surface area contributed by atoms with Crippen LogP contribution in [0.4, 0.5) is 14.5 Å². The molecule has 2 aromatic carbocycles. The number of benzene rings is 2. The van der Waals surface area contributed by atoms with E-state index in [1.54, 1.807) is 0 Å². The second-order valence-electron chi connectivity index (χ2n) is 7.62. The lowest BCUT2D eigenvalue weighted by atomic mass is 9.87. The summed E-state index contributed by atoms with van der Waals surface area (Å²) < 4.78 is 31.7. The number of hydrogen-bond donors (Lipinski definition) is 1. The second kappa shape index (κ2) is 8.18. The van der Waals surface area contributed by atoms with Crippen molar-refractivity contribution in [3.8, 4) is 0 Å². The minimum atomic E-state index is -1.30. The van der Waals surface area contributed by atoms with Crippen LogP contribution in [0.25, 0.3) is 10.9 Å². The van der Waals surface area contributed by atoms with Crippen LogP contribution in [0.5, 0.6) is 0 Å². The van der Waals surface area contributed by atoms with E-state index in [1.807, 2.05) is 0 Å². The predicted octanol–water partition coefficient (Wildman–Crippen LogP) is 4.24. The average molecular weight is 479 g/mol. The molecule has 10 heteroatoms. The molecule has 1 N–H and O–H groups in total. The van der Waals surface area contributed by atoms with Gasteiger partial charge in [-0.2, -0.15) is 0 Å². The smallest absolute Gasteiger partial charge is 0.263 e. The topological polar surface area (TPSA) is 67.2 Å². The van der Waals surface area contributed by atoms with Crippen LogP contribution in [0.1, 0.15) is 12.0 Å². The van der Waals surface area contributed by atoms with Crippen molar-refractivity contribution in [2.45, 2.75) is 12.0 Å². The van der Waals surface area contributed by atoms with Gasteiger partial charge in [-0.25, -0.2) is 13.8 Å². The van der Waals surface area contributed by atoms with Crippen LogP contribution in [0, 0.1) is 11.6 Å². The number of carbonyl (C=O) groups is 1. The lowest BCUT2D eigenvalue weighted by molar-refractivity contribution is -0.125. The minimum absolute atomic E-state index is 0.0165. The van der Waals surface area contributed by atoms with Crippen LogP contribution in [-0.2, 0) is 17.4 Å². The fraction of sp³-hybridized carbons (Fsp3) is 0.227. The lowest BCUT2D eigenvalue weighted by Gasteiger charge is -2.33. The van der Waals surface area contributed by atoms with E-state index in [0.29, 0.717) is 0 Å². The molecule has 3 aromatic rings. The maximum Gasteiger partial charge on any atom is 0.263 e. The molecule has 2 heterocycles. The standard InChI is InChI=1S/C22H18Cl2F2N4O2/c1-3-16(31)30-9-8-22(10-30,18-13(25)5-4-12(23)19(18)24)28-15-7-6-14-17(20(15)26)21(32)29(2)11-27-14/h3-7,11,28H,1,8-10H2,2H3. The van der Waals surface area contributed by atoms with E-state index < -0.39 is 22.7 Å².